The lowest BCUT2D eigenvalue weighted by Gasteiger charge is -2.11. The van der Waals surface area contributed by atoms with Gasteiger partial charge in [0.05, 0.1) is 35.0 Å². The van der Waals surface area contributed by atoms with Crippen LogP contribution in [0.4, 0.5) is 4.39 Å². The van der Waals surface area contributed by atoms with Gasteiger partial charge < -0.3 is 9.47 Å². The second kappa shape index (κ2) is 9.37. The zero-order chi connectivity index (χ0) is 19.8. The second-order valence-corrected chi connectivity index (χ2v) is 5.89. The number of nitriles is 1. The minimum absolute atomic E-state index is 0.0780. The average Bonchev–Trinajstić information content (AvgIpc) is 2.66. The van der Waals surface area contributed by atoms with E-state index in [9.17, 15) is 9.18 Å². The SMILES string of the molecule is C#CCOc1c(Br)cc(C=NNC(=O)c2ccc(C#N)cc2F)cc1OC. The number of benzene rings is 2. The zero-order valence-electron chi connectivity index (χ0n) is 14.1. The van der Waals surface area contributed by atoms with Crippen molar-refractivity contribution in [3.8, 4) is 29.9 Å². The van der Waals surface area contributed by atoms with Crippen LogP contribution in [0.5, 0.6) is 11.5 Å². The normalized spacial score (nSPS) is 10.1. The summed E-state index contributed by atoms with van der Waals surface area (Å²) in [5.41, 5.74) is 2.72. The first-order chi connectivity index (χ1) is 13.0. The van der Waals surface area contributed by atoms with Crippen LogP contribution in [0, 0.1) is 29.5 Å². The van der Waals surface area contributed by atoms with E-state index >= 15 is 0 Å². The number of hydrogen-bond acceptors (Lipinski definition) is 5. The van der Waals surface area contributed by atoms with E-state index in [0.29, 0.717) is 21.5 Å². The van der Waals surface area contributed by atoms with E-state index in [0.717, 1.165) is 6.07 Å². The van der Waals surface area contributed by atoms with E-state index in [-0.39, 0.29) is 17.7 Å². The molecule has 2 aromatic rings. The summed E-state index contributed by atoms with van der Waals surface area (Å²) in [4.78, 5) is 12.0. The van der Waals surface area contributed by atoms with E-state index in [4.69, 9.17) is 21.2 Å². The van der Waals surface area contributed by atoms with Gasteiger partial charge in [0, 0.05) is 0 Å². The number of rotatable bonds is 6. The van der Waals surface area contributed by atoms with E-state index in [1.165, 1.54) is 25.5 Å². The molecular weight excluding hydrogens is 417 g/mol. The molecule has 6 nitrogen and oxygen atoms in total. The van der Waals surface area contributed by atoms with Gasteiger partial charge in [-0.05, 0) is 51.8 Å². The summed E-state index contributed by atoms with van der Waals surface area (Å²) in [5.74, 6) is 1.68. The molecule has 1 N–H and O–H groups in total. The van der Waals surface area contributed by atoms with Gasteiger partial charge in [-0.2, -0.15) is 10.4 Å². The summed E-state index contributed by atoms with van der Waals surface area (Å²) in [6, 6.07) is 8.66. The van der Waals surface area contributed by atoms with Crippen molar-refractivity contribution in [3.05, 3.63) is 57.3 Å². The van der Waals surface area contributed by atoms with Gasteiger partial charge in [-0.15, -0.1) is 6.42 Å². The summed E-state index contributed by atoms with van der Waals surface area (Å²) >= 11 is 3.35. The maximum absolute atomic E-state index is 13.8. The molecule has 2 rings (SSSR count). The number of carbonyl (C=O) groups is 1. The fourth-order valence-electron chi connectivity index (χ4n) is 2.06. The molecule has 0 radical (unpaired) electrons. The lowest BCUT2D eigenvalue weighted by molar-refractivity contribution is 0.0951. The van der Waals surface area contributed by atoms with E-state index < -0.39 is 11.7 Å². The van der Waals surface area contributed by atoms with Crippen molar-refractivity contribution in [1.29, 1.82) is 5.26 Å². The molecule has 0 aliphatic carbocycles. The van der Waals surface area contributed by atoms with Crippen LogP contribution >= 0.6 is 15.9 Å². The molecule has 0 aliphatic heterocycles. The largest absolute Gasteiger partial charge is 0.493 e. The standard InChI is InChI=1S/C19H13BrFN3O3/c1-3-6-27-18-15(20)7-13(9-17(18)26-2)11-23-24-19(25)14-5-4-12(10-22)8-16(14)21/h1,4-5,7-9,11H,6H2,2H3,(H,24,25). The molecule has 27 heavy (non-hydrogen) atoms. The molecule has 0 saturated heterocycles. The van der Waals surface area contributed by atoms with Crippen LogP contribution in [0.15, 0.2) is 39.9 Å². The maximum Gasteiger partial charge on any atom is 0.274 e. The van der Waals surface area contributed by atoms with Crippen molar-refractivity contribution in [1.82, 2.24) is 5.43 Å². The van der Waals surface area contributed by atoms with Crippen molar-refractivity contribution in [2.24, 2.45) is 5.10 Å². The summed E-state index contributed by atoms with van der Waals surface area (Å²) in [5, 5.41) is 12.5. The summed E-state index contributed by atoms with van der Waals surface area (Å²) in [6.45, 7) is 0.0780. The molecule has 1 amide bonds. The number of nitrogens with one attached hydrogen (secondary N) is 1. The molecule has 0 atom stereocenters. The third kappa shape index (κ3) is 5.06. The molecule has 0 spiro atoms. The minimum Gasteiger partial charge on any atom is -0.493 e. The van der Waals surface area contributed by atoms with Crippen molar-refractivity contribution in [2.45, 2.75) is 0 Å². The predicted octanol–water partition coefficient (Wildman–Crippen LogP) is 3.24. The number of terminal acetylenes is 1. The van der Waals surface area contributed by atoms with Gasteiger partial charge in [-0.3, -0.25) is 4.79 Å². The molecule has 0 fully saturated rings. The number of ether oxygens (including phenoxy) is 2. The van der Waals surface area contributed by atoms with Crippen LogP contribution in [0.2, 0.25) is 0 Å². The summed E-state index contributed by atoms with van der Waals surface area (Å²) in [7, 11) is 1.47. The highest BCUT2D eigenvalue weighted by molar-refractivity contribution is 9.10. The second-order valence-electron chi connectivity index (χ2n) is 5.03. The number of halogens is 2. The molecule has 2 aromatic carbocycles. The van der Waals surface area contributed by atoms with Gasteiger partial charge in [0.25, 0.3) is 5.91 Å². The molecule has 0 unspecified atom stereocenters. The number of hydrogen-bond donors (Lipinski definition) is 1. The zero-order valence-corrected chi connectivity index (χ0v) is 15.7. The monoisotopic (exact) mass is 429 g/mol. The summed E-state index contributed by atoms with van der Waals surface area (Å²) in [6.07, 6.45) is 6.54. The number of carbonyl (C=O) groups excluding carboxylic acids is 1. The van der Waals surface area contributed by atoms with E-state index in [1.807, 2.05) is 0 Å². The first-order valence-electron chi connectivity index (χ1n) is 7.47. The lowest BCUT2D eigenvalue weighted by atomic mass is 10.1. The van der Waals surface area contributed by atoms with E-state index in [1.54, 1.807) is 18.2 Å². The minimum atomic E-state index is -0.804. The highest BCUT2D eigenvalue weighted by Gasteiger charge is 2.13. The number of nitrogens with zero attached hydrogens (tertiary/aromatic N) is 2. The first kappa shape index (κ1) is 20.0. The van der Waals surface area contributed by atoms with Crippen LogP contribution in [-0.4, -0.2) is 25.8 Å². The molecule has 0 heterocycles. The van der Waals surface area contributed by atoms with Crippen LogP contribution in [0.25, 0.3) is 0 Å². The van der Waals surface area contributed by atoms with Crippen LogP contribution in [-0.2, 0) is 0 Å². The fraction of sp³-hybridized carbons (Fsp3) is 0.105. The van der Waals surface area contributed by atoms with Gasteiger partial charge >= 0.3 is 0 Å². The van der Waals surface area contributed by atoms with Gasteiger partial charge in [0.2, 0.25) is 0 Å². The Balaban J connectivity index is 2.14. The van der Waals surface area contributed by atoms with Crippen molar-refractivity contribution >= 4 is 28.1 Å². The number of methoxy groups -OCH3 is 1. The lowest BCUT2D eigenvalue weighted by Crippen LogP contribution is -2.19. The summed E-state index contributed by atoms with van der Waals surface area (Å²) < 4.78 is 25.1. The third-order valence-electron chi connectivity index (χ3n) is 3.27. The van der Waals surface area contributed by atoms with Crippen LogP contribution in [0.1, 0.15) is 21.5 Å². The topological polar surface area (TPSA) is 83.7 Å². The Labute approximate surface area is 163 Å². The molecule has 0 saturated carbocycles. The molecule has 0 aromatic heterocycles. The average molecular weight is 430 g/mol. The number of amides is 1. The first-order valence-corrected chi connectivity index (χ1v) is 8.26. The molecule has 0 aliphatic rings. The Morgan fingerprint density at radius 1 is 1.44 bits per heavy atom. The van der Waals surface area contributed by atoms with Crippen molar-refractivity contribution in [3.63, 3.8) is 0 Å². The van der Waals surface area contributed by atoms with Crippen molar-refractivity contribution < 1.29 is 18.7 Å². The quantitative estimate of drug-likeness (QED) is 0.433. The van der Waals surface area contributed by atoms with Gasteiger partial charge in [0.15, 0.2) is 11.5 Å². The van der Waals surface area contributed by atoms with E-state index in [2.05, 4.69) is 32.4 Å². The fourth-order valence-corrected chi connectivity index (χ4v) is 2.64. The van der Waals surface area contributed by atoms with Crippen LogP contribution in [0.3, 0.4) is 0 Å². The Morgan fingerprint density at radius 3 is 2.85 bits per heavy atom. The van der Waals surface area contributed by atoms with Gasteiger partial charge in [-0.1, -0.05) is 5.92 Å². The molecule has 0 bridgehead atoms. The number of hydrazone groups is 1. The predicted molar refractivity (Wildman–Crippen MR) is 101 cm³/mol. The smallest absolute Gasteiger partial charge is 0.274 e. The molecule has 136 valence electrons. The third-order valence-corrected chi connectivity index (χ3v) is 3.86. The Morgan fingerprint density at radius 2 is 2.22 bits per heavy atom. The van der Waals surface area contributed by atoms with Crippen LogP contribution < -0.4 is 14.9 Å². The molecule has 8 heteroatoms. The van der Waals surface area contributed by atoms with Gasteiger partial charge in [-0.25, -0.2) is 9.82 Å². The Bertz CT molecular complexity index is 977. The highest BCUT2D eigenvalue weighted by Crippen LogP contribution is 2.36. The highest BCUT2D eigenvalue weighted by atomic mass is 79.9. The van der Waals surface area contributed by atoms with Gasteiger partial charge in [0.1, 0.15) is 12.4 Å². The Kier molecular flexibility index (Phi) is 6.93. The molecular formula is C19H13BrFN3O3. The Hall–Kier alpha value is -3.36. The maximum atomic E-state index is 13.8. The van der Waals surface area contributed by atoms with Crippen molar-refractivity contribution in [2.75, 3.05) is 13.7 Å².